The molecule has 0 aromatic heterocycles. The van der Waals surface area contributed by atoms with E-state index < -0.39 is 124 Å². The number of hydrogen-bond donors (Lipinski definition) is 12. The summed E-state index contributed by atoms with van der Waals surface area (Å²) in [6.45, 7) is 1.76. The van der Waals surface area contributed by atoms with E-state index in [9.17, 15) is 61.0 Å². The van der Waals surface area contributed by atoms with E-state index >= 15 is 0 Å². The predicted molar refractivity (Wildman–Crippen MR) is 448 cm³/mol. The minimum absolute atomic E-state index is 0.235. The van der Waals surface area contributed by atoms with Crippen molar-refractivity contribution in [1.29, 1.82) is 0 Å². The van der Waals surface area contributed by atoms with Crippen LogP contribution in [0.2, 0.25) is 0 Å². The molecule has 0 aliphatic carbocycles. The number of nitrogens with one attached hydrogen (secondary N) is 1. The van der Waals surface area contributed by atoms with Gasteiger partial charge in [0.1, 0.15) is 73.2 Å². The summed E-state index contributed by atoms with van der Waals surface area (Å²) in [6, 6.07) is -0.889. The van der Waals surface area contributed by atoms with Crippen molar-refractivity contribution in [1.82, 2.24) is 5.32 Å². The summed E-state index contributed by atoms with van der Waals surface area (Å²) in [6.07, 6.45) is 66.6. The van der Waals surface area contributed by atoms with Gasteiger partial charge in [0.25, 0.3) is 0 Å². The molecule has 3 rings (SSSR count). The third-order valence-electron chi connectivity index (χ3n) is 23.2. The molecule has 0 saturated carbocycles. The first-order chi connectivity index (χ1) is 54.3. The molecular formula is C92H171NO18. The van der Waals surface area contributed by atoms with Crippen LogP contribution in [0.4, 0.5) is 0 Å². The third kappa shape index (κ3) is 50.3. The molecule has 17 unspecified atom stereocenters. The standard InChI is InChI=1S/C92H171NO18/c1-3-5-7-9-11-13-15-17-19-21-23-25-27-29-31-33-35-37-39-41-43-45-47-49-51-53-55-57-59-61-63-65-67-69-76(97)75(74-106-90-86(104)83(101)88(78(72-95)108-90)111-92-87(105)84(102)89(79(73-96)109-92)110-91-85(103)82(100)81(99)77(71-94)107-91)93-80(98)70-68-66-64-62-60-58-56-54-52-50-48-46-44-42-40-38-36-34-32-30-28-26-24-22-20-18-16-14-12-10-8-6-4-2/h6,8,12,14,18,20,24,26,75-79,81-92,94-97,99-105H,3-5,7,9-11,13,15-17,19,21-23,25,27-74H2,1-2H3,(H,93,98)/b8-6-,14-12-,20-18-,26-24-. The summed E-state index contributed by atoms with van der Waals surface area (Å²) in [5.74, 6) is -0.235. The van der Waals surface area contributed by atoms with E-state index in [1.54, 1.807) is 0 Å². The zero-order chi connectivity index (χ0) is 80.3. The summed E-state index contributed by atoms with van der Waals surface area (Å²) in [7, 11) is 0. The van der Waals surface area contributed by atoms with Crippen molar-refractivity contribution < 1.29 is 89.4 Å². The Morgan fingerprint density at radius 3 is 0.973 bits per heavy atom. The molecule has 3 aliphatic rings. The molecule has 0 aromatic rings. The lowest BCUT2D eigenvalue weighted by Crippen LogP contribution is -2.66. The first kappa shape index (κ1) is 103. The maximum absolute atomic E-state index is 13.6. The van der Waals surface area contributed by atoms with Crippen molar-refractivity contribution in [3.8, 4) is 0 Å². The van der Waals surface area contributed by atoms with Gasteiger partial charge in [-0.3, -0.25) is 4.79 Å². The van der Waals surface area contributed by atoms with Gasteiger partial charge in [0.2, 0.25) is 5.91 Å². The topological polar surface area (TPSA) is 307 Å². The van der Waals surface area contributed by atoms with E-state index in [0.29, 0.717) is 12.8 Å². The SMILES string of the molecule is CC/C=C\C/C=C\C/C=C\C/C=C\CCCCCCCCCCCCCCCCCCCCCCC(=O)NC(COC1OC(CO)C(OC2OC(CO)C(OC3OC(CO)C(O)C(O)C3O)C(O)C2O)C(O)C1O)C(O)CCCCCCCCCCCCCCCCCCCCCCCCCCCCCCCCCCC. The third-order valence-corrected chi connectivity index (χ3v) is 23.2. The number of rotatable bonds is 76. The fourth-order valence-corrected chi connectivity index (χ4v) is 15.8. The number of amides is 1. The smallest absolute Gasteiger partial charge is 0.220 e. The largest absolute Gasteiger partial charge is 0.394 e. The molecule has 0 spiro atoms. The molecule has 3 saturated heterocycles. The fourth-order valence-electron chi connectivity index (χ4n) is 15.8. The van der Waals surface area contributed by atoms with Crippen LogP contribution in [0.5, 0.6) is 0 Å². The van der Waals surface area contributed by atoms with E-state index in [1.165, 1.54) is 295 Å². The molecule has 0 bridgehead atoms. The van der Waals surface area contributed by atoms with Crippen LogP contribution in [0.1, 0.15) is 399 Å². The summed E-state index contributed by atoms with van der Waals surface area (Å²) in [5, 5.41) is 121. The second kappa shape index (κ2) is 71.8. The van der Waals surface area contributed by atoms with Crippen LogP contribution >= 0.6 is 0 Å². The number of allylic oxidation sites excluding steroid dienone is 8. The maximum Gasteiger partial charge on any atom is 0.220 e. The van der Waals surface area contributed by atoms with Crippen LogP contribution < -0.4 is 5.32 Å². The molecule has 0 aromatic carbocycles. The van der Waals surface area contributed by atoms with Crippen LogP contribution in [0.15, 0.2) is 48.6 Å². The predicted octanol–water partition coefficient (Wildman–Crippen LogP) is 18.0. The van der Waals surface area contributed by atoms with Gasteiger partial charge < -0.3 is 89.9 Å². The van der Waals surface area contributed by atoms with Gasteiger partial charge in [-0.25, -0.2) is 0 Å². The van der Waals surface area contributed by atoms with Crippen LogP contribution in [-0.4, -0.2) is 193 Å². The Kier molecular flexibility index (Phi) is 66.6. The molecule has 111 heavy (non-hydrogen) atoms. The number of aliphatic hydroxyl groups is 11. The first-order valence-corrected chi connectivity index (χ1v) is 46.4. The van der Waals surface area contributed by atoms with Crippen LogP contribution in [0.25, 0.3) is 0 Å². The molecule has 1 amide bonds. The second-order valence-corrected chi connectivity index (χ2v) is 33.1. The molecular weight excluding hydrogens is 1410 g/mol. The first-order valence-electron chi connectivity index (χ1n) is 46.4. The summed E-state index contributed by atoms with van der Waals surface area (Å²) in [4.78, 5) is 13.6. The van der Waals surface area contributed by atoms with Gasteiger partial charge in [0.15, 0.2) is 18.9 Å². The molecule has 3 heterocycles. The Bertz CT molecular complexity index is 2190. The van der Waals surface area contributed by atoms with Crippen molar-refractivity contribution in [3.05, 3.63) is 48.6 Å². The minimum atomic E-state index is -1.97. The van der Waals surface area contributed by atoms with Gasteiger partial charge in [-0.1, -0.05) is 390 Å². The Balaban J connectivity index is 1.31. The van der Waals surface area contributed by atoms with E-state index in [-0.39, 0.29) is 18.9 Å². The lowest BCUT2D eigenvalue weighted by molar-refractivity contribution is -0.379. The van der Waals surface area contributed by atoms with Crippen LogP contribution in [-0.2, 0) is 33.2 Å². The summed E-state index contributed by atoms with van der Waals surface area (Å²) >= 11 is 0. The zero-order valence-corrected chi connectivity index (χ0v) is 70.5. The summed E-state index contributed by atoms with van der Waals surface area (Å²) in [5.41, 5.74) is 0. The van der Waals surface area contributed by atoms with Crippen LogP contribution in [0.3, 0.4) is 0 Å². The molecule has 19 nitrogen and oxygen atoms in total. The lowest BCUT2D eigenvalue weighted by Gasteiger charge is -2.48. The van der Waals surface area contributed by atoms with Gasteiger partial charge in [-0.15, -0.1) is 0 Å². The fraction of sp³-hybridized carbons (Fsp3) is 0.902. The highest BCUT2D eigenvalue weighted by molar-refractivity contribution is 5.76. The van der Waals surface area contributed by atoms with Gasteiger partial charge >= 0.3 is 0 Å². The lowest BCUT2D eigenvalue weighted by atomic mass is 9.96. The highest BCUT2D eigenvalue weighted by Gasteiger charge is 2.54. The van der Waals surface area contributed by atoms with Gasteiger partial charge in [0, 0.05) is 6.42 Å². The number of aliphatic hydroxyl groups excluding tert-OH is 11. The van der Waals surface area contributed by atoms with Gasteiger partial charge in [-0.2, -0.15) is 0 Å². The molecule has 19 heteroatoms. The zero-order valence-electron chi connectivity index (χ0n) is 70.5. The summed E-state index contributed by atoms with van der Waals surface area (Å²) < 4.78 is 34.6. The van der Waals surface area contributed by atoms with E-state index in [1.807, 2.05) is 0 Å². The van der Waals surface area contributed by atoms with E-state index in [0.717, 1.165) is 70.6 Å². The Morgan fingerprint density at radius 1 is 0.333 bits per heavy atom. The van der Waals surface area contributed by atoms with Crippen molar-refractivity contribution in [3.63, 3.8) is 0 Å². The molecule has 3 fully saturated rings. The maximum atomic E-state index is 13.6. The molecule has 12 N–H and O–H groups in total. The number of unbranched alkanes of at least 4 members (excludes halogenated alkanes) is 52. The van der Waals surface area contributed by atoms with E-state index in [2.05, 4.69) is 67.8 Å². The van der Waals surface area contributed by atoms with Crippen molar-refractivity contribution in [2.75, 3.05) is 26.4 Å². The Labute approximate surface area is 675 Å². The van der Waals surface area contributed by atoms with Crippen LogP contribution in [0, 0.1) is 0 Å². The normalized spacial score (nSPS) is 25.2. The van der Waals surface area contributed by atoms with Gasteiger partial charge in [0.05, 0.1) is 38.6 Å². The second-order valence-electron chi connectivity index (χ2n) is 33.1. The number of hydrogen-bond acceptors (Lipinski definition) is 18. The van der Waals surface area contributed by atoms with E-state index in [4.69, 9.17) is 28.4 Å². The van der Waals surface area contributed by atoms with Crippen molar-refractivity contribution >= 4 is 5.91 Å². The van der Waals surface area contributed by atoms with Crippen molar-refractivity contribution in [2.45, 2.75) is 503 Å². The molecule has 0 radical (unpaired) electrons. The Hall–Kier alpha value is -2.25. The highest BCUT2D eigenvalue weighted by atomic mass is 16.8. The number of carbonyl (C=O) groups is 1. The molecule has 652 valence electrons. The average Bonchev–Trinajstić information content (AvgIpc) is 0.780. The Morgan fingerprint density at radius 2 is 0.622 bits per heavy atom. The van der Waals surface area contributed by atoms with Gasteiger partial charge in [-0.05, 0) is 51.4 Å². The monoisotopic (exact) mass is 1580 g/mol. The minimum Gasteiger partial charge on any atom is -0.394 e. The average molecular weight is 1580 g/mol. The highest BCUT2D eigenvalue weighted by Crippen LogP contribution is 2.34. The quantitative estimate of drug-likeness (QED) is 0.0199. The molecule has 17 atom stereocenters. The molecule has 3 aliphatic heterocycles. The number of ether oxygens (including phenoxy) is 6. The number of carbonyl (C=O) groups excluding carboxylic acids is 1. The van der Waals surface area contributed by atoms with Crippen molar-refractivity contribution in [2.24, 2.45) is 0 Å².